The van der Waals surface area contributed by atoms with E-state index in [1.165, 1.54) is 32.1 Å². The molecule has 0 radical (unpaired) electrons. The smallest absolute Gasteiger partial charge is 0.229 e. The lowest BCUT2D eigenvalue weighted by Crippen LogP contribution is -2.23. The van der Waals surface area contributed by atoms with E-state index >= 15 is 0 Å². The standard InChI is InChI=1S/C21H23ClN4/c1-14-13-15(22)11-12-18(14)24-21-25-19-10-6-5-9-17(19)20(26-21)23-16-7-3-2-4-8-16/h5-6,9-13,16H,2-4,7-8H2,1H3,(H2,23,24,25,26). The lowest BCUT2D eigenvalue weighted by atomic mass is 9.95. The second kappa shape index (κ2) is 7.50. The molecule has 1 saturated carbocycles. The van der Waals surface area contributed by atoms with E-state index in [4.69, 9.17) is 21.6 Å². The zero-order valence-corrected chi connectivity index (χ0v) is 15.7. The molecule has 0 unspecified atom stereocenters. The largest absolute Gasteiger partial charge is 0.367 e. The van der Waals surface area contributed by atoms with Gasteiger partial charge in [-0.2, -0.15) is 4.98 Å². The molecule has 3 aromatic rings. The highest BCUT2D eigenvalue weighted by atomic mass is 35.5. The summed E-state index contributed by atoms with van der Waals surface area (Å²) in [4.78, 5) is 9.48. The molecule has 1 aromatic heterocycles. The number of anilines is 3. The van der Waals surface area contributed by atoms with E-state index < -0.39 is 0 Å². The molecular formula is C21H23ClN4. The number of hydrogen-bond donors (Lipinski definition) is 2. The van der Waals surface area contributed by atoms with Crippen LogP contribution in [-0.2, 0) is 0 Å². The summed E-state index contributed by atoms with van der Waals surface area (Å²) in [5.74, 6) is 1.52. The second-order valence-electron chi connectivity index (χ2n) is 6.98. The number of aromatic nitrogens is 2. The van der Waals surface area contributed by atoms with Gasteiger partial charge in [0.2, 0.25) is 5.95 Å². The van der Waals surface area contributed by atoms with E-state index in [9.17, 15) is 0 Å². The van der Waals surface area contributed by atoms with Crippen LogP contribution >= 0.6 is 11.6 Å². The SMILES string of the molecule is Cc1cc(Cl)ccc1Nc1nc(NC2CCCCC2)c2ccccc2n1. The molecule has 5 heteroatoms. The third kappa shape index (κ3) is 3.75. The Morgan fingerprint density at radius 2 is 1.81 bits per heavy atom. The maximum absolute atomic E-state index is 6.06. The molecule has 0 amide bonds. The van der Waals surface area contributed by atoms with Gasteiger partial charge in [-0.1, -0.05) is 43.0 Å². The Bertz CT molecular complexity index is 919. The Morgan fingerprint density at radius 3 is 2.62 bits per heavy atom. The van der Waals surface area contributed by atoms with Crippen LogP contribution in [0.25, 0.3) is 10.9 Å². The number of rotatable bonds is 4. The van der Waals surface area contributed by atoms with E-state index in [0.717, 1.165) is 33.0 Å². The van der Waals surface area contributed by atoms with Crippen LogP contribution in [0.2, 0.25) is 5.02 Å². The molecular weight excluding hydrogens is 344 g/mol. The fourth-order valence-corrected chi connectivity index (χ4v) is 3.80. The summed E-state index contributed by atoms with van der Waals surface area (Å²) in [5.41, 5.74) is 2.97. The van der Waals surface area contributed by atoms with Crippen LogP contribution in [0.1, 0.15) is 37.7 Å². The van der Waals surface area contributed by atoms with Gasteiger partial charge in [0.15, 0.2) is 0 Å². The van der Waals surface area contributed by atoms with Gasteiger partial charge in [0, 0.05) is 22.1 Å². The molecule has 0 spiro atoms. The highest BCUT2D eigenvalue weighted by molar-refractivity contribution is 6.30. The number of benzene rings is 2. The van der Waals surface area contributed by atoms with Gasteiger partial charge in [-0.05, 0) is 55.7 Å². The Kier molecular flexibility index (Phi) is 4.93. The van der Waals surface area contributed by atoms with Gasteiger partial charge < -0.3 is 10.6 Å². The molecule has 1 aliphatic rings. The van der Waals surface area contributed by atoms with Gasteiger partial charge in [-0.3, -0.25) is 0 Å². The first-order valence-corrected chi connectivity index (χ1v) is 9.63. The summed E-state index contributed by atoms with van der Waals surface area (Å²) in [6.07, 6.45) is 6.33. The van der Waals surface area contributed by atoms with Gasteiger partial charge >= 0.3 is 0 Å². The maximum atomic E-state index is 6.06. The Morgan fingerprint density at radius 1 is 1.00 bits per heavy atom. The number of para-hydroxylation sites is 1. The fraction of sp³-hybridized carbons (Fsp3) is 0.333. The predicted molar refractivity (Wildman–Crippen MR) is 110 cm³/mol. The summed E-state index contributed by atoms with van der Waals surface area (Å²) in [6.45, 7) is 2.02. The molecule has 26 heavy (non-hydrogen) atoms. The summed E-state index contributed by atoms with van der Waals surface area (Å²) in [5, 5.41) is 8.80. The van der Waals surface area contributed by atoms with Crippen molar-refractivity contribution < 1.29 is 0 Å². The Labute approximate surface area is 159 Å². The fourth-order valence-electron chi connectivity index (χ4n) is 3.57. The van der Waals surface area contributed by atoms with Gasteiger partial charge in [0.05, 0.1) is 5.52 Å². The monoisotopic (exact) mass is 366 g/mol. The number of nitrogens with one attached hydrogen (secondary N) is 2. The first-order chi connectivity index (χ1) is 12.7. The van der Waals surface area contributed by atoms with Crippen molar-refractivity contribution in [3.05, 3.63) is 53.1 Å². The minimum Gasteiger partial charge on any atom is -0.367 e. The quantitative estimate of drug-likeness (QED) is 0.587. The average molecular weight is 367 g/mol. The number of halogens is 1. The molecule has 1 aliphatic carbocycles. The zero-order chi connectivity index (χ0) is 17.9. The molecule has 0 aliphatic heterocycles. The van der Waals surface area contributed by atoms with Crippen molar-refractivity contribution in [2.45, 2.75) is 45.1 Å². The molecule has 0 atom stereocenters. The third-order valence-corrected chi connectivity index (χ3v) is 5.22. The second-order valence-corrected chi connectivity index (χ2v) is 7.41. The third-order valence-electron chi connectivity index (χ3n) is 4.98. The first-order valence-electron chi connectivity index (χ1n) is 9.25. The number of hydrogen-bond acceptors (Lipinski definition) is 4. The summed E-state index contributed by atoms with van der Waals surface area (Å²) in [7, 11) is 0. The Balaban J connectivity index is 1.68. The lowest BCUT2D eigenvalue weighted by Gasteiger charge is -2.24. The minimum atomic E-state index is 0.493. The van der Waals surface area contributed by atoms with Crippen LogP contribution in [-0.4, -0.2) is 16.0 Å². The van der Waals surface area contributed by atoms with Crippen molar-refractivity contribution in [2.75, 3.05) is 10.6 Å². The van der Waals surface area contributed by atoms with Crippen molar-refractivity contribution in [1.29, 1.82) is 0 Å². The molecule has 1 heterocycles. The van der Waals surface area contributed by atoms with Gasteiger partial charge in [-0.25, -0.2) is 4.98 Å². The van der Waals surface area contributed by atoms with Gasteiger partial charge in [0.1, 0.15) is 5.82 Å². The zero-order valence-electron chi connectivity index (χ0n) is 14.9. The van der Waals surface area contributed by atoms with Crippen LogP contribution in [0.3, 0.4) is 0 Å². The molecule has 1 fully saturated rings. The van der Waals surface area contributed by atoms with Gasteiger partial charge in [-0.15, -0.1) is 0 Å². The van der Waals surface area contributed by atoms with E-state index in [-0.39, 0.29) is 0 Å². The van der Waals surface area contributed by atoms with Gasteiger partial charge in [0.25, 0.3) is 0 Å². The number of fused-ring (bicyclic) bond motifs is 1. The number of nitrogens with zero attached hydrogens (tertiary/aromatic N) is 2. The van der Waals surface area contributed by atoms with Crippen molar-refractivity contribution in [1.82, 2.24) is 9.97 Å². The van der Waals surface area contributed by atoms with Crippen LogP contribution in [0.5, 0.6) is 0 Å². The Hall–Kier alpha value is -2.33. The minimum absolute atomic E-state index is 0.493. The van der Waals surface area contributed by atoms with Crippen LogP contribution in [0, 0.1) is 6.92 Å². The molecule has 4 rings (SSSR count). The van der Waals surface area contributed by atoms with Crippen LogP contribution < -0.4 is 10.6 Å². The number of aryl methyl sites for hydroxylation is 1. The van der Waals surface area contributed by atoms with Crippen LogP contribution in [0.4, 0.5) is 17.5 Å². The van der Waals surface area contributed by atoms with E-state index in [0.29, 0.717) is 12.0 Å². The maximum Gasteiger partial charge on any atom is 0.229 e. The molecule has 134 valence electrons. The molecule has 0 bridgehead atoms. The van der Waals surface area contributed by atoms with Crippen molar-refractivity contribution in [3.63, 3.8) is 0 Å². The van der Waals surface area contributed by atoms with E-state index in [2.05, 4.69) is 16.7 Å². The highest BCUT2D eigenvalue weighted by Gasteiger charge is 2.16. The van der Waals surface area contributed by atoms with Crippen molar-refractivity contribution in [3.8, 4) is 0 Å². The molecule has 0 saturated heterocycles. The average Bonchev–Trinajstić information content (AvgIpc) is 2.65. The predicted octanol–water partition coefficient (Wildman–Crippen LogP) is 6.08. The van der Waals surface area contributed by atoms with E-state index in [1.807, 2.05) is 43.3 Å². The highest BCUT2D eigenvalue weighted by Crippen LogP contribution is 2.28. The molecule has 2 N–H and O–H groups in total. The van der Waals surface area contributed by atoms with Crippen molar-refractivity contribution in [2.24, 2.45) is 0 Å². The molecule has 2 aromatic carbocycles. The van der Waals surface area contributed by atoms with Crippen LogP contribution in [0.15, 0.2) is 42.5 Å². The molecule has 4 nitrogen and oxygen atoms in total. The summed E-state index contributed by atoms with van der Waals surface area (Å²) < 4.78 is 0. The normalized spacial score (nSPS) is 15.2. The lowest BCUT2D eigenvalue weighted by molar-refractivity contribution is 0.462. The van der Waals surface area contributed by atoms with E-state index in [1.54, 1.807) is 0 Å². The topological polar surface area (TPSA) is 49.8 Å². The summed E-state index contributed by atoms with van der Waals surface area (Å²) in [6, 6.07) is 14.4. The van der Waals surface area contributed by atoms with Crippen molar-refractivity contribution >= 4 is 40.0 Å². The summed E-state index contributed by atoms with van der Waals surface area (Å²) >= 11 is 6.06. The first kappa shape index (κ1) is 17.1.